The number of rotatable bonds is 8. The first-order valence-electron chi connectivity index (χ1n) is 7.54. The van der Waals surface area contributed by atoms with Gasteiger partial charge < -0.3 is 5.11 Å². The zero-order chi connectivity index (χ0) is 19.5. The molecule has 1 aliphatic rings. The van der Waals surface area contributed by atoms with Gasteiger partial charge in [-0.25, -0.2) is 0 Å². The Kier molecular flexibility index (Phi) is 6.86. The van der Waals surface area contributed by atoms with Gasteiger partial charge in [-0.1, -0.05) is 24.3 Å². The average molecular weight is 375 g/mol. The second-order valence-electron chi connectivity index (χ2n) is 5.84. The van der Waals surface area contributed by atoms with Crippen molar-refractivity contribution in [1.82, 2.24) is 4.90 Å². The summed E-state index contributed by atoms with van der Waals surface area (Å²) in [5, 5.41) is 9.55. The zero-order valence-electron chi connectivity index (χ0n) is 13.3. The van der Waals surface area contributed by atoms with E-state index in [0.29, 0.717) is 12.8 Å². The third-order valence-corrected chi connectivity index (χ3v) is 4.09. The quantitative estimate of drug-likeness (QED) is 0.504. The molecule has 2 nitrogen and oxygen atoms in total. The van der Waals surface area contributed by atoms with Gasteiger partial charge in [0.1, 0.15) is 6.10 Å². The minimum atomic E-state index is -6.47. The van der Waals surface area contributed by atoms with E-state index in [1.165, 1.54) is 17.1 Å². The molecule has 0 aromatic carbocycles. The van der Waals surface area contributed by atoms with Crippen LogP contribution in [0.2, 0.25) is 0 Å². The molecule has 25 heavy (non-hydrogen) atoms. The lowest BCUT2D eigenvalue weighted by Crippen LogP contribution is -2.61. The summed E-state index contributed by atoms with van der Waals surface area (Å²) in [5.41, 5.74) is 0. The van der Waals surface area contributed by atoms with Crippen molar-refractivity contribution in [3.05, 3.63) is 37.5 Å². The summed E-state index contributed by atoms with van der Waals surface area (Å²) in [4.78, 5) is 1.29. The van der Waals surface area contributed by atoms with Crippen molar-refractivity contribution in [3.63, 3.8) is 0 Å². The Labute approximate surface area is 141 Å². The molecule has 0 aromatic rings. The smallest absolute Gasteiger partial charge is 0.385 e. The molecule has 0 saturated heterocycles. The van der Waals surface area contributed by atoms with Crippen molar-refractivity contribution in [2.45, 2.75) is 55.5 Å². The largest absolute Gasteiger partial charge is 0.459 e. The van der Waals surface area contributed by atoms with Gasteiger partial charge in [-0.3, -0.25) is 4.90 Å². The van der Waals surface area contributed by atoms with E-state index >= 15 is 0 Å². The number of alkyl halides is 7. The summed E-state index contributed by atoms with van der Waals surface area (Å²) >= 11 is 0. The number of halogens is 7. The Balaban J connectivity index is 3.07. The van der Waals surface area contributed by atoms with E-state index in [9.17, 15) is 35.8 Å². The summed E-state index contributed by atoms with van der Waals surface area (Å²) in [6, 6.07) is -0.987. The van der Waals surface area contributed by atoms with Crippen LogP contribution in [0.4, 0.5) is 30.7 Å². The van der Waals surface area contributed by atoms with Gasteiger partial charge in [0.05, 0.1) is 0 Å². The summed E-state index contributed by atoms with van der Waals surface area (Å²) < 4.78 is 90.4. The van der Waals surface area contributed by atoms with E-state index in [2.05, 4.69) is 13.2 Å². The first kappa shape index (κ1) is 21.7. The van der Waals surface area contributed by atoms with Crippen LogP contribution in [0.25, 0.3) is 0 Å². The molecule has 0 unspecified atom stereocenters. The molecular weight excluding hydrogens is 355 g/mol. The second kappa shape index (κ2) is 7.90. The molecule has 1 aliphatic heterocycles. The van der Waals surface area contributed by atoms with Crippen LogP contribution in [0.5, 0.6) is 0 Å². The normalized spacial score (nSPS) is 24.2. The molecule has 0 radical (unpaired) electrons. The first-order valence-corrected chi connectivity index (χ1v) is 7.54. The van der Waals surface area contributed by atoms with E-state index in [4.69, 9.17) is 0 Å². The van der Waals surface area contributed by atoms with Crippen LogP contribution in [0.15, 0.2) is 37.5 Å². The van der Waals surface area contributed by atoms with Gasteiger partial charge in [-0.2, -0.15) is 30.7 Å². The Bertz CT molecular complexity index is 501. The van der Waals surface area contributed by atoms with E-state index < -0.39 is 42.8 Å². The average Bonchev–Trinajstić information content (AvgIpc) is 2.49. The van der Waals surface area contributed by atoms with Crippen molar-refractivity contribution in [2.75, 3.05) is 6.54 Å². The molecule has 1 N–H and O–H groups in total. The molecule has 0 bridgehead atoms. The van der Waals surface area contributed by atoms with Crippen LogP contribution in [0, 0.1) is 0 Å². The lowest BCUT2D eigenvalue weighted by atomic mass is 9.95. The predicted octanol–water partition coefficient (Wildman–Crippen LogP) is 4.33. The van der Waals surface area contributed by atoms with Crippen LogP contribution in [0.1, 0.15) is 19.3 Å². The van der Waals surface area contributed by atoms with Gasteiger partial charge in [0.25, 0.3) is 0 Å². The van der Waals surface area contributed by atoms with Gasteiger partial charge in [0, 0.05) is 18.6 Å². The summed E-state index contributed by atoms with van der Waals surface area (Å²) in [5.74, 6) is -12.0. The van der Waals surface area contributed by atoms with Crippen molar-refractivity contribution in [2.24, 2.45) is 0 Å². The van der Waals surface area contributed by atoms with Crippen LogP contribution < -0.4 is 0 Å². The standard InChI is InChI=1S/C16H20F7NO/c1-3-6-11-8-5-9-12(7-4-2)24(11)10-13(25)14(17,18)15(19,20)16(21,22)23/h3-5,8,11-13,25H,1-2,6-7,9-10H2/t11-,12+,13-/m0/s1. The third kappa shape index (κ3) is 4.44. The lowest BCUT2D eigenvalue weighted by Gasteiger charge is -2.41. The van der Waals surface area contributed by atoms with Gasteiger partial charge in [-0.05, 0) is 19.3 Å². The van der Waals surface area contributed by atoms with Crippen molar-refractivity contribution >= 4 is 0 Å². The molecular formula is C16H20F7NO. The molecule has 3 atom stereocenters. The molecule has 1 rings (SSSR count). The first-order chi connectivity index (χ1) is 11.4. The van der Waals surface area contributed by atoms with Gasteiger partial charge >= 0.3 is 18.0 Å². The molecule has 1 heterocycles. The van der Waals surface area contributed by atoms with E-state index in [-0.39, 0.29) is 6.42 Å². The van der Waals surface area contributed by atoms with Crippen LogP contribution >= 0.6 is 0 Å². The maximum absolute atomic E-state index is 13.7. The van der Waals surface area contributed by atoms with Gasteiger partial charge in [-0.15, -0.1) is 13.2 Å². The molecule has 0 fully saturated rings. The molecule has 9 heteroatoms. The molecule has 0 saturated carbocycles. The molecule has 0 spiro atoms. The molecule has 0 amide bonds. The number of nitrogens with zero attached hydrogens (tertiary/aromatic N) is 1. The van der Waals surface area contributed by atoms with E-state index in [0.717, 1.165) is 0 Å². The third-order valence-electron chi connectivity index (χ3n) is 4.09. The van der Waals surface area contributed by atoms with Gasteiger partial charge in [0.2, 0.25) is 0 Å². The van der Waals surface area contributed by atoms with Gasteiger partial charge in [0.15, 0.2) is 0 Å². The minimum Gasteiger partial charge on any atom is -0.385 e. The van der Waals surface area contributed by atoms with Crippen LogP contribution in [0.3, 0.4) is 0 Å². The number of β-amino-alcohol motifs (C(OH)–C–C–N with tert-alkyl or cyclic N) is 1. The lowest BCUT2D eigenvalue weighted by molar-refractivity contribution is -0.371. The Morgan fingerprint density at radius 1 is 1.08 bits per heavy atom. The van der Waals surface area contributed by atoms with E-state index in [1.54, 1.807) is 12.2 Å². The fourth-order valence-electron chi connectivity index (χ4n) is 2.72. The SMILES string of the molecule is C=CC[C@@H]1CC=C[C@H](CC=C)N1C[C@H](O)C(F)(F)C(F)(F)C(F)(F)F. The van der Waals surface area contributed by atoms with Crippen LogP contribution in [-0.4, -0.2) is 52.8 Å². The van der Waals surface area contributed by atoms with E-state index in [1.807, 2.05) is 0 Å². The fourth-order valence-corrected chi connectivity index (χ4v) is 2.72. The zero-order valence-corrected chi connectivity index (χ0v) is 13.3. The number of hydrogen-bond acceptors (Lipinski definition) is 2. The number of aliphatic hydroxyl groups is 1. The Morgan fingerprint density at radius 2 is 1.64 bits per heavy atom. The second-order valence-corrected chi connectivity index (χ2v) is 5.84. The predicted molar refractivity (Wildman–Crippen MR) is 79.6 cm³/mol. The Hall–Kier alpha value is -1.35. The molecule has 0 aliphatic carbocycles. The van der Waals surface area contributed by atoms with Crippen LogP contribution in [-0.2, 0) is 0 Å². The minimum absolute atomic E-state index is 0.262. The van der Waals surface area contributed by atoms with Crippen molar-refractivity contribution in [1.29, 1.82) is 0 Å². The highest BCUT2D eigenvalue weighted by atomic mass is 19.4. The maximum Gasteiger partial charge on any atom is 0.459 e. The highest BCUT2D eigenvalue weighted by Gasteiger charge is 2.75. The monoisotopic (exact) mass is 375 g/mol. The molecule has 144 valence electrons. The number of hydrogen-bond donors (Lipinski definition) is 1. The maximum atomic E-state index is 13.7. The van der Waals surface area contributed by atoms with Crippen molar-refractivity contribution in [3.8, 4) is 0 Å². The molecule has 0 aromatic heterocycles. The highest BCUT2D eigenvalue weighted by Crippen LogP contribution is 2.48. The fraction of sp³-hybridized carbons (Fsp3) is 0.625. The summed E-state index contributed by atoms with van der Waals surface area (Å²) in [7, 11) is 0. The highest BCUT2D eigenvalue weighted by molar-refractivity contribution is 5.08. The Morgan fingerprint density at radius 3 is 2.12 bits per heavy atom. The number of aliphatic hydroxyl groups excluding tert-OH is 1. The van der Waals surface area contributed by atoms with Crippen molar-refractivity contribution < 1.29 is 35.8 Å². The summed E-state index contributed by atoms with van der Waals surface area (Å²) in [6.07, 6.45) is -2.42. The topological polar surface area (TPSA) is 23.5 Å². The summed E-state index contributed by atoms with van der Waals surface area (Å²) in [6.45, 7) is 5.97.